The maximum absolute atomic E-state index is 12.9. The molecule has 0 aliphatic carbocycles. The van der Waals surface area contributed by atoms with Crippen molar-refractivity contribution >= 4 is 45.0 Å². The molecular weight excluding hydrogens is 482 g/mol. The van der Waals surface area contributed by atoms with E-state index in [0.717, 1.165) is 15.1 Å². The summed E-state index contributed by atoms with van der Waals surface area (Å²) in [4.78, 5) is 51.4. The van der Waals surface area contributed by atoms with Gasteiger partial charge in [-0.2, -0.15) is 5.10 Å². The van der Waals surface area contributed by atoms with Crippen molar-refractivity contribution in [3.05, 3.63) is 82.3 Å². The van der Waals surface area contributed by atoms with Gasteiger partial charge in [0, 0.05) is 17.3 Å². The van der Waals surface area contributed by atoms with E-state index in [-0.39, 0.29) is 28.4 Å². The van der Waals surface area contributed by atoms with Gasteiger partial charge in [-0.05, 0) is 31.5 Å². The smallest absolute Gasteiger partial charge is 0.360 e. The van der Waals surface area contributed by atoms with Crippen molar-refractivity contribution < 1.29 is 23.9 Å². The molecule has 4 rings (SSSR count). The van der Waals surface area contributed by atoms with Gasteiger partial charge in [0.05, 0.1) is 17.6 Å². The number of esters is 2. The molecule has 0 unspecified atom stereocenters. The molecule has 0 aliphatic heterocycles. The summed E-state index contributed by atoms with van der Waals surface area (Å²) in [5.41, 5.74) is 0.646. The fourth-order valence-electron chi connectivity index (χ4n) is 3.52. The lowest BCUT2D eigenvalue weighted by Gasteiger charge is -2.14. The number of anilines is 1. The predicted molar refractivity (Wildman–Crippen MR) is 136 cm³/mol. The molecule has 2 aromatic carbocycles. The van der Waals surface area contributed by atoms with Crippen LogP contribution in [-0.4, -0.2) is 40.3 Å². The Balaban J connectivity index is 1.57. The summed E-state index contributed by atoms with van der Waals surface area (Å²) in [6, 6.07) is 17.6. The zero-order valence-electron chi connectivity index (χ0n) is 19.8. The number of carbonyl (C=O) groups excluding carboxylic acids is 3. The standard InChI is InChI=1S/C26H23N3O6S/c1-4-34-25(32)19-14-20(16-10-6-5-7-11-16)36-23(19)27-22(30)15(2)35-26(33)21-17-12-8-9-13-18(17)24(31)29(3)28-21/h5-15H,4H2,1-3H3,(H,27,30)/t15-/m1/s1. The highest BCUT2D eigenvalue weighted by Crippen LogP contribution is 2.36. The number of hydrogen-bond donors (Lipinski definition) is 1. The van der Waals surface area contributed by atoms with Crippen LogP contribution in [0.1, 0.15) is 34.7 Å². The van der Waals surface area contributed by atoms with E-state index in [4.69, 9.17) is 9.47 Å². The minimum Gasteiger partial charge on any atom is -0.462 e. The topological polar surface area (TPSA) is 117 Å². The van der Waals surface area contributed by atoms with Gasteiger partial charge in [0.15, 0.2) is 11.8 Å². The van der Waals surface area contributed by atoms with Crippen LogP contribution in [0.5, 0.6) is 0 Å². The number of carbonyl (C=O) groups is 3. The highest BCUT2D eigenvalue weighted by atomic mass is 32.1. The number of ether oxygens (including phenoxy) is 2. The highest BCUT2D eigenvalue weighted by Gasteiger charge is 2.26. The van der Waals surface area contributed by atoms with Crippen molar-refractivity contribution in [1.82, 2.24) is 9.78 Å². The highest BCUT2D eigenvalue weighted by molar-refractivity contribution is 7.20. The zero-order chi connectivity index (χ0) is 25.8. The summed E-state index contributed by atoms with van der Waals surface area (Å²) < 4.78 is 11.6. The molecule has 10 heteroatoms. The van der Waals surface area contributed by atoms with E-state index in [1.807, 2.05) is 30.3 Å². The second kappa shape index (κ2) is 10.5. The second-order valence-electron chi connectivity index (χ2n) is 7.80. The molecular formula is C26H23N3O6S. The molecule has 0 saturated carbocycles. The lowest BCUT2D eigenvalue weighted by Crippen LogP contribution is -2.31. The van der Waals surface area contributed by atoms with E-state index < -0.39 is 23.9 Å². The molecule has 4 aromatic rings. The van der Waals surface area contributed by atoms with Gasteiger partial charge in [-0.3, -0.25) is 9.59 Å². The molecule has 0 saturated heterocycles. The van der Waals surface area contributed by atoms with Crippen LogP contribution in [0.4, 0.5) is 5.00 Å². The average molecular weight is 506 g/mol. The Bertz CT molecular complexity index is 1510. The largest absolute Gasteiger partial charge is 0.462 e. The monoisotopic (exact) mass is 505 g/mol. The fraction of sp³-hybridized carbons (Fsp3) is 0.192. The number of amides is 1. The van der Waals surface area contributed by atoms with E-state index in [0.29, 0.717) is 10.8 Å². The first-order valence-electron chi connectivity index (χ1n) is 11.1. The molecule has 0 bridgehead atoms. The number of aryl methyl sites for hydroxylation is 1. The Morgan fingerprint density at radius 3 is 2.39 bits per heavy atom. The number of nitrogens with one attached hydrogen (secondary N) is 1. The lowest BCUT2D eigenvalue weighted by atomic mass is 10.1. The summed E-state index contributed by atoms with van der Waals surface area (Å²) >= 11 is 1.21. The Hall–Kier alpha value is -4.31. The van der Waals surface area contributed by atoms with Gasteiger partial charge in [-0.25, -0.2) is 14.3 Å². The summed E-state index contributed by atoms with van der Waals surface area (Å²) in [6.45, 7) is 3.28. The number of thiophene rings is 1. The van der Waals surface area contributed by atoms with E-state index >= 15 is 0 Å². The molecule has 2 heterocycles. The third-order valence-corrected chi connectivity index (χ3v) is 6.42. The van der Waals surface area contributed by atoms with Gasteiger partial charge in [-0.1, -0.05) is 48.5 Å². The van der Waals surface area contributed by atoms with Crippen LogP contribution in [0.25, 0.3) is 21.2 Å². The molecule has 1 N–H and O–H groups in total. The van der Waals surface area contributed by atoms with E-state index in [1.54, 1.807) is 37.3 Å². The molecule has 0 radical (unpaired) electrons. The Morgan fingerprint density at radius 2 is 1.69 bits per heavy atom. The lowest BCUT2D eigenvalue weighted by molar-refractivity contribution is -0.123. The maximum atomic E-state index is 12.9. The molecule has 0 aliphatic rings. The fourth-order valence-corrected chi connectivity index (χ4v) is 4.58. The van der Waals surface area contributed by atoms with E-state index in [2.05, 4.69) is 10.4 Å². The van der Waals surface area contributed by atoms with Crippen LogP contribution in [0.3, 0.4) is 0 Å². The van der Waals surface area contributed by atoms with Crippen molar-refractivity contribution in [3.63, 3.8) is 0 Å². The molecule has 184 valence electrons. The third-order valence-electron chi connectivity index (χ3n) is 5.33. The number of benzene rings is 2. The molecule has 36 heavy (non-hydrogen) atoms. The molecule has 1 atom stereocenters. The van der Waals surface area contributed by atoms with Crippen LogP contribution in [0, 0.1) is 0 Å². The van der Waals surface area contributed by atoms with E-state index in [1.165, 1.54) is 25.3 Å². The van der Waals surface area contributed by atoms with Crippen LogP contribution >= 0.6 is 11.3 Å². The third kappa shape index (κ3) is 5.03. The first-order chi connectivity index (χ1) is 17.3. The summed E-state index contributed by atoms with van der Waals surface area (Å²) in [6.07, 6.45) is -1.22. The van der Waals surface area contributed by atoms with Gasteiger partial charge in [0.2, 0.25) is 0 Å². The number of rotatable bonds is 7. The van der Waals surface area contributed by atoms with Crippen molar-refractivity contribution in [2.24, 2.45) is 7.05 Å². The minimum absolute atomic E-state index is 0.0814. The first kappa shape index (κ1) is 24.8. The summed E-state index contributed by atoms with van der Waals surface area (Å²) in [5, 5.41) is 7.63. The second-order valence-corrected chi connectivity index (χ2v) is 8.85. The first-order valence-corrected chi connectivity index (χ1v) is 12.0. The maximum Gasteiger partial charge on any atom is 0.360 e. The number of aromatic nitrogens is 2. The van der Waals surface area contributed by atoms with Crippen LogP contribution in [0.15, 0.2) is 65.5 Å². The predicted octanol–water partition coefficient (Wildman–Crippen LogP) is 4.02. The number of hydrogen-bond acceptors (Lipinski definition) is 8. The Labute approximate surface area is 210 Å². The number of fused-ring (bicyclic) bond motifs is 1. The molecule has 1 amide bonds. The zero-order valence-corrected chi connectivity index (χ0v) is 20.6. The van der Waals surface area contributed by atoms with Crippen molar-refractivity contribution in [3.8, 4) is 10.4 Å². The van der Waals surface area contributed by atoms with Crippen LogP contribution < -0.4 is 10.9 Å². The Kier molecular flexibility index (Phi) is 7.25. The minimum atomic E-state index is -1.22. The van der Waals surface area contributed by atoms with Crippen molar-refractivity contribution in [2.75, 3.05) is 11.9 Å². The molecule has 2 aromatic heterocycles. The van der Waals surface area contributed by atoms with Gasteiger partial charge < -0.3 is 14.8 Å². The SMILES string of the molecule is CCOC(=O)c1cc(-c2ccccc2)sc1NC(=O)[C@@H](C)OC(=O)c1nn(C)c(=O)c2ccccc12. The average Bonchev–Trinajstić information content (AvgIpc) is 3.30. The van der Waals surface area contributed by atoms with Crippen molar-refractivity contribution in [2.45, 2.75) is 20.0 Å². The molecule has 0 spiro atoms. The summed E-state index contributed by atoms with van der Waals surface area (Å²) in [5.74, 6) is -2.06. The van der Waals surface area contributed by atoms with Gasteiger partial charge >= 0.3 is 11.9 Å². The van der Waals surface area contributed by atoms with Crippen molar-refractivity contribution in [1.29, 1.82) is 0 Å². The van der Waals surface area contributed by atoms with Gasteiger partial charge in [0.1, 0.15) is 5.00 Å². The molecule has 9 nitrogen and oxygen atoms in total. The summed E-state index contributed by atoms with van der Waals surface area (Å²) in [7, 11) is 1.43. The van der Waals surface area contributed by atoms with E-state index in [9.17, 15) is 19.2 Å². The Morgan fingerprint density at radius 1 is 1.03 bits per heavy atom. The van der Waals surface area contributed by atoms with Crippen LogP contribution in [0.2, 0.25) is 0 Å². The van der Waals surface area contributed by atoms with Gasteiger partial charge in [-0.15, -0.1) is 11.3 Å². The number of nitrogens with zero attached hydrogens (tertiary/aromatic N) is 2. The van der Waals surface area contributed by atoms with Gasteiger partial charge in [0.25, 0.3) is 11.5 Å². The molecule has 0 fully saturated rings. The quantitative estimate of drug-likeness (QED) is 0.377. The van der Waals surface area contributed by atoms with Crippen LogP contribution in [-0.2, 0) is 21.3 Å². The normalized spacial score (nSPS) is 11.6.